The Hall–Kier alpha value is -0.120. The molecule has 0 saturated carbocycles. The van der Waals surface area contributed by atoms with Crippen LogP contribution in [0.1, 0.15) is 46.5 Å². The minimum absolute atomic E-state index is 0. The zero-order valence-electron chi connectivity index (χ0n) is 17.7. The fourth-order valence-electron chi connectivity index (χ4n) is 3.89. The van der Waals surface area contributed by atoms with Gasteiger partial charge in [-0.1, -0.05) is 26.7 Å². The van der Waals surface area contributed by atoms with Crippen LogP contribution in [-0.4, -0.2) is 76.1 Å². The summed E-state index contributed by atoms with van der Waals surface area (Å²) >= 11 is 0. The van der Waals surface area contributed by atoms with E-state index in [1.54, 1.807) is 0 Å². The number of aliphatic imine (C=N–C) groups is 1. The van der Waals surface area contributed by atoms with Gasteiger partial charge in [-0.2, -0.15) is 0 Å². The Kier molecular flexibility index (Phi) is 12.9. The zero-order valence-corrected chi connectivity index (χ0v) is 20.0. The lowest BCUT2D eigenvalue weighted by Crippen LogP contribution is -2.54. The average molecular weight is 496 g/mol. The van der Waals surface area contributed by atoms with Crippen LogP contribution in [0.3, 0.4) is 0 Å². The first-order valence-electron chi connectivity index (χ1n) is 10.5. The molecule has 2 heterocycles. The van der Waals surface area contributed by atoms with Crippen LogP contribution in [0, 0.1) is 11.8 Å². The standard InChI is InChI=1S/C20H40N4O2.HI/c1-16(2)6-5-7-17(3)23-20(21-4)22-14-19(18-8-11-26-15-18)24-9-12-25-13-10-24;/h16-19H,5-15H2,1-4H3,(H2,21,22,23);1H. The van der Waals surface area contributed by atoms with Crippen LogP contribution in [0.25, 0.3) is 0 Å². The molecule has 0 spiro atoms. The van der Waals surface area contributed by atoms with Gasteiger partial charge in [0.05, 0.1) is 19.8 Å². The molecule has 6 nitrogen and oxygen atoms in total. The first-order chi connectivity index (χ1) is 12.6. The van der Waals surface area contributed by atoms with E-state index >= 15 is 0 Å². The van der Waals surface area contributed by atoms with Crippen molar-refractivity contribution in [1.29, 1.82) is 0 Å². The second-order valence-corrected chi connectivity index (χ2v) is 8.16. The summed E-state index contributed by atoms with van der Waals surface area (Å²) in [4.78, 5) is 7.00. The summed E-state index contributed by atoms with van der Waals surface area (Å²) in [6.07, 6.45) is 4.89. The third-order valence-electron chi connectivity index (χ3n) is 5.53. The van der Waals surface area contributed by atoms with Crippen LogP contribution < -0.4 is 10.6 Å². The highest BCUT2D eigenvalue weighted by Crippen LogP contribution is 2.21. The van der Waals surface area contributed by atoms with E-state index in [2.05, 4.69) is 41.3 Å². The first-order valence-corrected chi connectivity index (χ1v) is 10.5. The molecule has 0 amide bonds. The second-order valence-electron chi connectivity index (χ2n) is 8.16. The average Bonchev–Trinajstić information content (AvgIpc) is 3.16. The van der Waals surface area contributed by atoms with Gasteiger partial charge in [0.2, 0.25) is 0 Å². The molecule has 27 heavy (non-hydrogen) atoms. The van der Waals surface area contributed by atoms with Crippen LogP contribution in [-0.2, 0) is 9.47 Å². The van der Waals surface area contributed by atoms with E-state index < -0.39 is 0 Å². The number of ether oxygens (including phenoxy) is 2. The fraction of sp³-hybridized carbons (Fsp3) is 0.950. The molecule has 2 saturated heterocycles. The van der Waals surface area contributed by atoms with Gasteiger partial charge in [0, 0.05) is 51.3 Å². The summed E-state index contributed by atoms with van der Waals surface area (Å²) in [7, 11) is 1.86. The smallest absolute Gasteiger partial charge is 0.191 e. The zero-order chi connectivity index (χ0) is 18.8. The fourth-order valence-corrected chi connectivity index (χ4v) is 3.89. The molecule has 3 unspecified atom stereocenters. The maximum atomic E-state index is 5.66. The Morgan fingerprint density at radius 1 is 1.11 bits per heavy atom. The summed E-state index contributed by atoms with van der Waals surface area (Å²) in [6, 6.07) is 0.924. The van der Waals surface area contributed by atoms with Crippen molar-refractivity contribution in [2.45, 2.75) is 58.5 Å². The molecule has 0 aliphatic carbocycles. The van der Waals surface area contributed by atoms with Crippen molar-refractivity contribution >= 4 is 29.9 Å². The van der Waals surface area contributed by atoms with E-state index in [4.69, 9.17) is 9.47 Å². The molecule has 0 radical (unpaired) electrons. The van der Waals surface area contributed by atoms with Crippen LogP contribution >= 0.6 is 24.0 Å². The summed E-state index contributed by atoms with van der Waals surface area (Å²) in [6.45, 7) is 13.2. The van der Waals surface area contributed by atoms with Crippen molar-refractivity contribution in [1.82, 2.24) is 15.5 Å². The minimum atomic E-state index is 0. The van der Waals surface area contributed by atoms with Gasteiger partial charge in [0.25, 0.3) is 0 Å². The summed E-state index contributed by atoms with van der Waals surface area (Å²) < 4.78 is 11.2. The summed E-state index contributed by atoms with van der Waals surface area (Å²) in [5.41, 5.74) is 0. The number of nitrogens with one attached hydrogen (secondary N) is 2. The van der Waals surface area contributed by atoms with Crippen molar-refractivity contribution in [2.75, 3.05) is 53.1 Å². The van der Waals surface area contributed by atoms with Gasteiger partial charge < -0.3 is 20.1 Å². The van der Waals surface area contributed by atoms with Gasteiger partial charge in [0.15, 0.2) is 5.96 Å². The van der Waals surface area contributed by atoms with Crippen LogP contribution in [0.5, 0.6) is 0 Å². The monoisotopic (exact) mass is 496 g/mol. The van der Waals surface area contributed by atoms with Crippen LogP contribution in [0.2, 0.25) is 0 Å². The molecule has 0 aromatic rings. The molecule has 160 valence electrons. The van der Waals surface area contributed by atoms with Crippen molar-refractivity contribution in [3.63, 3.8) is 0 Å². The SMILES string of the molecule is CN=C(NCC(C1CCOC1)N1CCOCC1)NC(C)CCCC(C)C.I. The highest BCUT2D eigenvalue weighted by Gasteiger charge is 2.31. The lowest BCUT2D eigenvalue weighted by Gasteiger charge is -2.37. The Morgan fingerprint density at radius 2 is 1.85 bits per heavy atom. The molecule has 2 fully saturated rings. The molecule has 2 aliphatic rings. The number of rotatable bonds is 9. The second kappa shape index (κ2) is 14.0. The molecule has 2 N–H and O–H groups in total. The number of hydrogen-bond acceptors (Lipinski definition) is 4. The third-order valence-corrected chi connectivity index (χ3v) is 5.53. The Morgan fingerprint density at radius 3 is 2.44 bits per heavy atom. The van der Waals surface area contributed by atoms with Gasteiger partial charge in [-0.3, -0.25) is 9.89 Å². The summed E-state index contributed by atoms with van der Waals surface area (Å²) in [5.74, 6) is 2.30. The third kappa shape index (κ3) is 9.28. The van der Waals surface area contributed by atoms with E-state index in [0.29, 0.717) is 18.0 Å². The predicted octanol–water partition coefficient (Wildman–Crippen LogP) is 2.72. The highest BCUT2D eigenvalue weighted by atomic mass is 127. The van der Waals surface area contributed by atoms with Crippen molar-refractivity contribution in [3.8, 4) is 0 Å². The molecule has 2 aliphatic heterocycles. The molecule has 0 aromatic heterocycles. The van der Waals surface area contributed by atoms with E-state index in [1.165, 1.54) is 19.3 Å². The maximum absolute atomic E-state index is 5.66. The molecule has 0 bridgehead atoms. The topological polar surface area (TPSA) is 58.1 Å². The number of hydrogen-bond donors (Lipinski definition) is 2. The van der Waals surface area contributed by atoms with E-state index in [9.17, 15) is 0 Å². The number of guanidine groups is 1. The van der Waals surface area contributed by atoms with Crippen LogP contribution in [0.15, 0.2) is 4.99 Å². The van der Waals surface area contributed by atoms with Crippen molar-refractivity contribution < 1.29 is 9.47 Å². The largest absolute Gasteiger partial charge is 0.381 e. The molecular weight excluding hydrogens is 455 g/mol. The number of nitrogens with zero attached hydrogens (tertiary/aromatic N) is 2. The predicted molar refractivity (Wildman–Crippen MR) is 123 cm³/mol. The normalized spacial score (nSPS) is 23.7. The molecule has 0 aromatic carbocycles. The lowest BCUT2D eigenvalue weighted by atomic mass is 9.97. The van der Waals surface area contributed by atoms with Crippen molar-refractivity contribution in [2.24, 2.45) is 16.8 Å². The Labute approximate surface area is 183 Å². The van der Waals surface area contributed by atoms with Gasteiger partial charge >= 0.3 is 0 Å². The van der Waals surface area contributed by atoms with Gasteiger partial charge in [-0.05, 0) is 25.7 Å². The molecular formula is C20H41IN4O2. The lowest BCUT2D eigenvalue weighted by molar-refractivity contribution is 0.00246. The molecule has 3 atom stereocenters. The van der Waals surface area contributed by atoms with E-state index in [0.717, 1.165) is 64.4 Å². The molecule has 2 rings (SSSR count). The van der Waals surface area contributed by atoms with Gasteiger partial charge in [-0.25, -0.2) is 0 Å². The van der Waals surface area contributed by atoms with Gasteiger partial charge in [-0.15, -0.1) is 24.0 Å². The van der Waals surface area contributed by atoms with Crippen molar-refractivity contribution in [3.05, 3.63) is 0 Å². The minimum Gasteiger partial charge on any atom is -0.381 e. The maximum Gasteiger partial charge on any atom is 0.191 e. The van der Waals surface area contributed by atoms with E-state index in [1.807, 2.05) is 7.05 Å². The number of halogens is 1. The number of morpholine rings is 1. The summed E-state index contributed by atoms with van der Waals surface area (Å²) in [5, 5.41) is 7.13. The van der Waals surface area contributed by atoms with Crippen LogP contribution in [0.4, 0.5) is 0 Å². The highest BCUT2D eigenvalue weighted by molar-refractivity contribution is 14.0. The Bertz CT molecular complexity index is 411. The Balaban J connectivity index is 0.00000364. The quantitative estimate of drug-likeness (QED) is 0.292. The molecule has 7 heteroatoms. The van der Waals surface area contributed by atoms with E-state index in [-0.39, 0.29) is 24.0 Å². The first kappa shape index (κ1) is 24.9. The van der Waals surface area contributed by atoms with Gasteiger partial charge in [0.1, 0.15) is 0 Å².